The molecule has 8 nitrogen and oxygen atoms in total. The molecule has 0 saturated carbocycles. The van der Waals surface area contributed by atoms with Crippen LogP contribution in [0.25, 0.3) is 17.1 Å². The maximum atomic E-state index is 12.5. The fourth-order valence-electron chi connectivity index (χ4n) is 3.26. The van der Waals surface area contributed by atoms with E-state index in [-0.39, 0.29) is 11.7 Å². The average molecular weight is 507 g/mol. The molecular weight excluding hydrogens is 484 g/mol. The number of halogens is 1. The van der Waals surface area contributed by atoms with E-state index in [1.165, 1.54) is 11.8 Å². The minimum Gasteiger partial charge on any atom is -0.494 e. The predicted octanol–water partition coefficient (Wildman–Crippen LogP) is 5.01. The van der Waals surface area contributed by atoms with Crippen molar-refractivity contribution in [1.29, 1.82) is 0 Å². The van der Waals surface area contributed by atoms with Crippen LogP contribution in [0.3, 0.4) is 0 Å². The number of nitrogens with one attached hydrogen (secondary N) is 1. The van der Waals surface area contributed by atoms with Gasteiger partial charge in [0.15, 0.2) is 11.0 Å². The molecule has 10 heteroatoms. The van der Waals surface area contributed by atoms with Gasteiger partial charge >= 0.3 is 0 Å². The molecule has 0 unspecified atom stereocenters. The standard InChI is InChI=1S/C25H23ClN6O2S/c1-3-34-20-12-10-19(11-13-20)32-24(18-7-6-14-27-15-18)30-31-25(32)35-16-23(33)29-28-17(2)21-8-4-5-9-22(21)26/h4-15H,3,16H2,1-2H3,(H,29,33). The summed E-state index contributed by atoms with van der Waals surface area (Å²) >= 11 is 7.46. The lowest BCUT2D eigenvalue weighted by atomic mass is 10.1. The highest BCUT2D eigenvalue weighted by Gasteiger charge is 2.17. The number of ether oxygens (including phenoxy) is 1. The maximum absolute atomic E-state index is 12.5. The highest BCUT2D eigenvalue weighted by Crippen LogP contribution is 2.28. The molecule has 0 aliphatic carbocycles. The summed E-state index contributed by atoms with van der Waals surface area (Å²) in [6.07, 6.45) is 3.43. The number of benzene rings is 2. The second kappa shape index (κ2) is 11.6. The van der Waals surface area contributed by atoms with Gasteiger partial charge in [0.25, 0.3) is 5.91 Å². The van der Waals surface area contributed by atoms with Gasteiger partial charge in [-0.15, -0.1) is 10.2 Å². The molecule has 0 saturated heterocycles. The highest BCUT2D eigenvalue weighted by molar-refractivity contribution is 7.99. The fourth-order valence-corrected chi connectivity index (χ4v) is 4.28. The van der Waals surface area contributed by atoms with Crippen molar-refractivity contribution in [2.24, 2.45) is 5.10 Å². The number of pyridine rings is 1. The van der Waals surface area contributed by atoms with E-state index in [0.717, 1.165) is 22.6 Å². The largest absolute Gasteiger partial charge is 0.494 e. The summed E-state index contributed by atoms with van der Waals surface area (Å²) in [5.74, 6) is 1.22. The van der Waals surface area contributed by atoms with Crippen LogP contribution in [0.1, 0.15) is 19.4 Å². The molecule has 2 aromatic heterocycles. The van der Waals surface area contributed by atoms with E-state index in [1.54, 1.807) is 25.4 Å². The number of thioether (sulfide) groups is 1. The molecule has 35 heavy (non-hydrogen) atoms. The quantitative estimate of drug-likeness (QED) is 0.195. The molecule has 2 aromatic carbocycles. The first-order valence-electron chi connectivity index (χ1n) is 10.9. The Balaban J connectivity index is 1.53. The van der Waals surface area contributed by atoms with Crippen molar-refractivity contribution >= 4 is 35.0 Å². The Hall–Kier alpha value is -3.69. The van der Waals surface area contributed by atoms with Crippen molar-refractivity contribution in [1.82, 2.24) is 25.2 Å². The molecule has 2 heterocycles. The molecule has 0 spiro atoms. The summed E-state index contributed by atoms with van der Waals surface area (Å²) in [6.45, 7) is 4.31. The second-order valence-electron chi connectivity index (χ2n) is 7.31. The number of aromatic nitrogens is 4. The van der Waals surface area contributed by atoms with Crippen molar-refractivity contribution in [3.8, 4) is 22.8 Å². The lowest BCUT2D eigenvalue weighted by Crippen LogP contribution is -2.21. The minimum absolute atomic E-state index is 0.0987. The fraction of sp³-hybridized carbons (Fsp3) is 0.160. The molecule has 0 aliphatic heterocycles. The predicted molar refractivity (Wildman–Crippen MR) is 138 cm³/mol. The first kappa shape index (κ1) is 24.4. The van der Waals surface area contributed by atoms with Gasteiger partial charge in [0.2, 0.25) is 0 Å². The third kappa shape index (κ3) is 6.06. The summed E-state index contributed by atoms with van der Waals surface area (Å²) < 4.78 is 7.45. The molecule has 0 fully saturated rings. The van der Waals surface area contributed by atoms with Crippen LogP contribution in [0, 0.1) is 0 Å². The lowest BCUT2D eigenvalue weighted by molar-refractivity contribution is -0.118. The third-order valence-electron chi connectivity index (χ3n) is 4.90. The highest BCUT2D eigenvalue weighted by atomic mass is 35.5. The molecule has 0 radical (unpaired) electrons. The molecule has 4 rings (SSSR count). The van der Waals surface area contributed by atoms with Crippen molar-refractivity contribution in [3.63, 3.8) is 0 Å². The van der Waals surface area contributed by atoms with Gasteiger partial charge in [-0.05, 0) is 56.3 Å². The number of hydrazone groups is 1. The van der Waals surface area contributed by atoms with Crippen LogP contribution in [-0.2, 0) is 4.79 Å². The van der Waals surface area contributed by atoms with Gasteiger partial charge in [-0.3, -0.25) is 14.3 Å². The number of carbonyl (C=O) groups is 1. The number of amides is 1. The molecule has 178 valence electrons. The van der Waals surface area contributed by atoms with Gasteiger partial charge in [-0.1, -0.05) is 41.6 Å². The molecule has 0 bridgehead atoms. The average Bonchev–Trinajstić information content (AvgIpc) is 3.31. The van der Waals surface area contributed by atoms with E-state index in [1.807, 2.05) is 66.1 Å². The van der Waals surface area contributed by atoms with Crippen molar-refractivity contribution < 1.29 is 9.53 Å². The Morgan fingerprint density at radius 1 is 1.11 bits per heavy atom. The first-order chi connectivity index (χ1) is 17.1. The van der Waals surface area contributed by atoms with Crippen LogP contribution in [0.2, 0.25) is 5.02 Å². The Morgan fingerprint density at radius 3 is 2.63 bits per heavy atom. The topological polar surface area (TPSA) is 94.3 Å². The Morgan fingerprint density at radius 2 is 1.91 bits per heavy atom. The van der Waals surface area contributed by atoms with Crippen molar-refractivity contribution in [2.45, 2.75) is 19.0 Å². The molecular formula is C25H23ClN6O2S. The normalized spacial score (nSPS) is 11.3. The van der Waals surface area contributed by atoms with Crippen molar-refractivity contribution in [3.05, 3.63) is 83.6 Å². The summed E-state index contributed by atoms with van der Waals surface area (Å²) in [4.78, 5) is 16.7. The van der Waals surface area contributed by atoms with Crippen LogP contribution in [0.15, 0.2) is 83.3 Å². The minimum atomic E-state index is -0.273. The Labute approximate surface area is 212 Å². The van der Waals surface area contributed by atoms with Gasteiger partial charge in [0, 0.05) is 34.2 Å². The van der Waals surface area contributed by atoms with Crippen molar-refractivity contribution in [2.75, 3.05) is 12.4 Å². The monoisotopic (exact) mass is 506 g/mol. The van der Waals surface area contributed by atoms with E-state index in [9.17, 15) is 4.79 Å². The zero-order valence-corrected chi connectivity index (χ0v) is 20.8. The molecule has 4 aromatic rings. The molecule has 1 N–H and O–H groups in total. The SMILES string of the molecule is CCOc1ccc(-n2c(SCC(=O)NN=C(C)c3ccccc3Cl)nnc2-c2cccnc2)cc1. The number of carbonyl (C=O) groups excluding carboxylic acids is 1. The third-order valence-corrected chi connectivity index (χ3v) is 6.16. The Bertz CT molecular complexity index is 1330. The van der Waals surface area contributed by atoms with E-state index < -0.39 is 0 Å². The zero-order valence-electron chi connectivity index (χ0n) is 19.2. The van der Waals surface area contributed by atoms with Crippen LogP contribution in [0.5, 0.6) is 5.75 Å². The van der Waals surface area contributed by atoms with E-state index in [0.29, 0.717) is 28.3 Å². The molecule has 0 aliphatic rings. The summed E-state index contributed by atoms with van der Waals surface area (Å²) in [6, 6.07) is 18.7. The smallest absolute Gasteiger partial charge is 0.250 e. The summed E-state index contributed by atoms with van der Waals surface area (Å²) in [7, 11) is 0. The summed E-state index contributed by atoms with van der Waals surface area (Å²) in [5, 5.41) is 14.0. The van der Waals surface area contributed by atoms with Gasteiger partial charge in [-0.25, -0.2) is 5.43 Å². The zero-order chi connectivity index (χ0) is 24.6. The second-order valence-corrected chi connectivity index (χ2v) is 8.66. The number of hydrogen-bond donors (Lipinski definition) is 1. The number of rotatable bonds is 9. The van der Waals surface area contributed by atoms with Gasteiger partial charge < -0.3 is 4.74 Å². The van der Waals surface area contributed by atoms with Crippen LogP contribution >= 0.6 is 23.4 Å². The van der Waals surface area contributed by atoms with E-state index >= 15 is 0 Å². The number of nitrogens with zero attached hydrogens (tertiary/aromatic N) is 5. The lowest BCUT2D eigenvalue weighted by Gasteiger charge is -2.11. The van der Waals surface area contributed by atoms with E-state index in [2.05, 4.69) is 25.7 Å². The van der Waals surface area contributed by atoms with Crippen LogP contribution < -0.4 is 10.2 Å². The number of hydrogen-bond acceptors (Lipinski definition) is 7. The van der Waals surface area contributed by atoms with Gasteiger partial charge in [0.05, 0.1) is 18.1 Å². The van der Waals surface area contributed by atoms with Crippen LogP contribution in [-0.4, -0.2) is 43.7 Å². The Kier molecular flexibility index (Phi) is 8.12. The maximum Gasteiger partial charge on any atom is 0.250 e. The van der Waals surface area contributed by atoms with Gasteiger partial charge in [0.1, 0.15) is 5.75 Å². The van der Waals surface area contributed by atoms with E-state index in [4.69, 9.17) is 16.3 Å². The van der Waals surface area contributed by atoms with Gasteiger partial charge in [-0.2, -0.15) is 5.10 Å². The van der Waals surface area contributed by atoms with Crippen LogP contribution in [0.4, 0.5) is 0 Å². The first-order valence-corrected chi connectivity index (χ1v) is 12.2. The summed E-state index contributed by atoms with van der Waals surface area (Å²) in [5.41, 5.74) is 5.61. The molecule has 1 amide bonds. The molecule has 0 atom stereocenters.